The molecule has 1 heterocycles. The van der Waals surface area contributed by atoms with Gasteiger partial charge in [0.05, 0.1) is 56.5 Å². The number of hydrogen-bond donors (Lipinski definition) is 1. The third-order valence-electron chi connectivity index (χ3n) is 6.19. The lowest BCUT2D eigenvalue weighted by Gasteiger charge is -2.28. The second-order valence-corrected chi connectivity index (χ2v) is 11.2. The molecule has 0 radical (unpaired) electrons. The number of nitrogens with one attached hydrogen (secondary N) is 1. The van der Waals surface area contributed by atoms with Gasteiger partial charge in [-0.05, 0) is 36.1 Å². The first kappa shape index (κ1) is 24.2. The van der Waals surface area contributed by atoms with Gasteiger partial charge in [-0.1, -0.05) is 24.3 Å². The molecule has 1 aliphatic rings. The summed E-state index contributed by atoms with van der Waals surface area (Å²) in [6, 6.07) is 13.6. The number of carboxylic acids is 1. The average molecular weight is 482 g/mol. The Morgan fingerprint density at radius 1 is 1.15 bits per heavy atom. The molecule has 0 saturated heterocycles. The molecule has 0 atom stereocenters. The summed E-state index contributed by atoms with van der Waals surface area (Å²) in [5.74, 6) is -0.697. The Hall–Kier alpha value is -2.97. The predicted octanol–water partition coefficient (Wildman–Crippen LogP) is 2.31. The average Bonchev–Trinajstić information content (AvgIpc) is 3.34. The molecular weight excluding hydrogens is 450 g/mol. The standard InChI is InChI=1S/C26H31N3O4S/c1-29(2,3)11-6-12-33-20-9-10-22-21(13-20)28-23(34-22)17-27-25(32)26(16-24(30)31)14-18-7-4-5-8-19(18)15-26/h4-5,7-10,13H,6,11-12,14-17H2,1-3H3,(H-,27,30,31,32). The quantitative estimate of drug-likeness (QED) is 0.355. The van der Waals surface area contributed by atoms with Crippen molar-refractivity contribution in [1.29, 1.82) is 0 Å². The van der Waals surface area contributed by atoms with Crippen molar-refractivity contribution >= 4 is 33.4 Å². The normalized spacial score (nSPS) is 14.7. The molecule has 3 aromatic rings. The van der Waals surface area contributed by atoms with E-state index in [9.17, 15) is 14.7 Å². The number of hydrogen-bond acceptors (Lipinski definition) is 6. The van der Waals surface area contributed by atoms with Gasteiger partial charge in [-0.3, -0.25) is 4.79 Å². The molecule has 0 unspecified atom stereocenters. The summed E-state index contributed by atoms with van der Waals surface area (Å²) in [6.45, 7) is 1.94. The summed E-state index contributed by atoms with van der Waals surface area (Å²) < 4.78 is 7.81. The van der Waals surface area contributed by atoms with E-state index in [2.05, 4.69) is 31.4 Å². The number of thiazole rings is 1. The molecule has 34 heavy (non-hydrogen) atoms. The van der Waals surface area contributed by atoms with Crippen LogP contribution in [0, 0.1) is 5.41 Å². The molecule has 180 valence electrons. The van der Waals surface area contributed by atoms with E-state index in [1.54, 1.807) is 0 Å². The zero-order chi connectivity index (χ0) is 24.3. The van der Waals surface area contributed by atoms with Crippen molar-refractivity contribution in [2.24, 2.45) is 5.41 Å². The topological polar surface area (TPSA) is 91.3 Å². The fourth-order valence-electron chi connectivity index (χ4n) is 4.53. The summed E-state index contributed by atoms with van der Waals surface area (Å²) in [7, 11) is 6.48. The molecule has 1 N–H and O–H groups in total. The van der Waals surface area contributed by atoms with Crippen molar-refractivity contribution in [3.8, 4) is 5.75 Å². The highest BCUT2D eigenvalue weighted by molar-refractivity contribution is 7.18. The SMILES string of the molecule is C[N+](C)(C)CCCOc1ccc2sc(CNC(=O)C3(CC(=O)[O-])Cc4ccccc4C3)nc2c1. The van der Waals surface area contributed by atoms with E-state index in [4.69, 9.17) is 4.74 Å². The maximum Gasteiger partial charge on any atom is 0.227 e. The van der Waals surface area contributed by atoms with Gasteiger partial charge in [0.25, 0.3) is 0 Å². The van der Waals surface area contributed by atoms with Crippen LogP contribution in [-0.4, -0.2) is 55.6 Å². The van der Waals surface area contributed by atoms with Gasteiger partial charge < -0.3 is 24.4 Å². The molecule has 0 spiro atoms. The predicted molar refractivity (Wildman–Crippen MR) is 130 cm³/mol. The first-order valence-corrected chi connectivity index (χ1v) is 12.3. The van der Waals surface area contributed by atoms with Crippen LogP contribution in [0.4, 0.5) is 0 Å². The Morgan fingerprint density at radius 3 is 2.50 bits per heavy atom. The number of aromatic nitrogens is 1. The highest BCUT2D eigenvalue weighted by atomic mass is 32.1. The summed E-state index contributed by atoms with van der Waals surface area (Å²) in [5.41, 5.74) is 1.85. The Morgan fingerprint density at radius 2 is 1.85 bits per heavy atom. The van der Waals surface area contributed by atoms with Crippen LogP contribution in [0.3, 0.4) is 0 Å². The molecule has 0 fully saturated rings. The molecule has 1 aliphatic carbocycles. The molecule has 1 aromatic heterocycles. The number of carboxylic acid groups (broad SMARTS) is 1. The van der Waals surface area contributed by atoms with Crippen molar-refractivity contribution in [2.45, 2.75) is 32.2 Å². The van der Waals surface area contributed by atoms with Gasteiger partial charge in [0.15, 0.2) is 0 Å². The van der Waals surface area contributed by atoms with Crippen molar-refractivity contribution in [2.75, 3.05) is 34.3 Å². The van der Waals surface area contributed by atoms with E-state index in [1.165, 1.54) is 11.3 Å². The Balaban J connectivity index is 1.39. The highest BCUT2D eigenvalue weighted by Crippen LogP contribution is 2.40. The number of ether oxygens (including phenoxy) is 1. The van der Waals surface area contributed by atoms with Gasteiger partial charge >= 0.3 is 0 Å². The molecule has 0 aliphatic heterocycles. The second-order valence-electron chi connectivity index (χ2n) is 10.1. The summed E-state index contributed by atoms with van der Waals surface area (Å²) >= 11 is 1.51. The van der Waals surface area contributed by atoms with Gasteiger partial charge in [-0.2, -0.15) is 0 Å². The van der Waals surface area contributed by atoms with Crippen LogP contribution in [0.5, 0.6) is 5.75 Å². The number of aliphatic carboxylic acids is 1. The minimum Gasteiger partial charge on any atom is -0.550 e. The van der Waals surface area contributed by atoms with Crippen molar-refractivity contribution in [3.05, 3.63) is 58.6 Å². The third-order valence-corrected chi connectivity index (χ3v) is 7.22. The van der Waals surface area contributed by atoms with Gasteiger partial charge in [0, 0.05) is 24.9 Å². The Labute approximate surface area is 204 Å². The summed E-state index contributed by atoms with van der Waals surface area (Å²) in [6.07, 6.45) is 1.46. The fourth-order valence-corrected chi connectivity index (χ4v) is 5.42. The molecule has 8 heteroatoms. The van der Waals surface area contributed by atoms with E-state index >= 15 is 0 Å². The summed E-state index contributed by atoms with van der Waals surface area (Å²) in [5, 5.41) is 15.2. The third kappa shape index (κ3) is 5.74. The molecule has 1 amide bonds. The van der Waals surface area contributed by atoms with E-state index in [0.717, 1.165) is 49.5 Å². The number of carbonyl (C=O) groups excluding carboxylic acids is 2. The zero-order valence-electron chi connectivity index (χ0n) is 19.9. The minimum atomic E-state index is -1.21. The molecule has 0 bridgehead atoms. The van der Waals surface area contributed by atoms with E-state index in [0.29, 0.717) is 19.4 Å². The fraction of sp³-hybridized carbons (Fsp3) is 0.423. The Kier molecular flexibility index (Phi) is 6.91. The summed E-state index contributed by atoms with van der Waals surface area (Å²) in [4.78, 5) is 29.3. The first-order chi connectivity index (χ1) is 16.1. The lowest BCUT2D eigenvalue weighted by molar-refractivity contribution is -0.870. The van der Waals surface area contributed by atoms with Crippen molar-refractivity contribution in [1.82, 2.24) is 10.3 Å². The van der Waals surface area contributed by atoms with Crippen LogP contribution in [-0.2, 0) is 29.0 Å². The number of nitrogens with zero attached hydrogens (tertiary/aromatic N) is 2. The van der Waals surface area contributed by atoms with Gasteiger partial charge in [-0.15, -0.1) is 11.3 Å². The van der Waals surface area contributed by atoms with Crippen LogP contribution in [0.1, 0.15) is 29.0 Å². The smallest absolute Gasteiger partial charge is 0.227 e. The number of amides is 1. The number of fused-ring (bicyclic) bond motifs is 2. The van der Waals surface area contributed by atoms with Gasteiger partial charge in [0.2, 0.25) is 5.91 Å². The van der Waals surface area contributed by atoms with Crippen molar-refractivity contribution < 1.29 is 23.9 Å². The number of carbonyl (C=O) groups is 2. The van der Waals surface area contributed by atoms with E-state index in [-0.39, 0.29) is 18.9 Å². The zero-order valence-corrected chi connectivity index (χ0v) is 20.7. The first-order valence-electron chi connectivity index (χ1n) is 11.5. The number of rotatable bonds is 10. The largest absolute Gasteiger partial charge is 0.550 e. The molecule has 0 saturated carbocycles. The van der Waals surface area contributed by atoms with E-state index in [1.807, 2.05) is 42.5 Å². The molecule has 4 rings (SSSR count). The van der Waals surface area contributed by atoms with Crippen molar-refractivity contribution in [3.63, 3.8) is 0 Å². The van der Waals surface area contributed by atoms with Crippen LogP contribution in [0.25, 0.3) is 10.2 Å². The monoisotopic (exact) mass is 481 g/mol. The lowest BCUT2D eigenvalue weighted by Crippen LogP contribution is -2.45. The lowest BCUT2D eigenvalue weighted by atomic mass is 9.80. The number of benzene rings is 2. The molecule has 7 nitrogen and oxygen atoms in total. The maximum atomic E-state index is 13.2. The van der Waals surface area contributed by atoms with Crippen LogP contribution >= 0.6 is 11.3 Å². The minimum absolute atomic E-state index is 0.253. The van der Waals surface area contributed by atoms with Gasteiger partial charge in [-0.25, -0.2) is 4.98 Å². The van der Waals surface area contributed by atoms with E-state index < -0.39 is 11.4 Å². The number of quaternary nitrogens is 1. The molecular formula is C26H31N3O4S. The Bertz CT molecular complexity index is 1170. The molecule has 2 aromatic carbocycles. The van der Waals surface area contributed by atoms with Gasteiger partial charge in [0.1, 0.15) is 10.8 Å². The maximum absolute atomic E-state index is 13.2. The van der Waals surface area contributed by atoms with Crippen LogP contribution < -0.4 is 15.2 Å². The second kappa shape index (κ2) is 9.72. The van der Waals surface area contributed by atoms with Crippen LogP contribution in [0.2, 0.25) is 0 Å². The highest BCUT2D eigenvalue weighted by Gasteiger charge is 2.43. The van der Waals surface area contributed by atoms with Crippen LogP contribution in [0.15, 0.2) is 42.5 Å².